The molecule has 0 bridgehead atoms. The SMILES string of the molecule is CC(C)C(N)=NC(C)c1cccnc1. The molecule has 1 heterocycles. The highest BCUT2D eigenvalue weighted by Gasteiger charge is 2.05. The lowest BCUT2D eigenvalue weighted by molar-refractivity contribution is 0.776. The Bertz CT molecular complexity index is 304. The first kappa shape index (κ1) is 10.7. The molecule has 3 heteroatoms. The lowest BCUT2D eigenvalue weighted by atomic mass is 10.1. The lowest BCUT2D eigenvalue weighted by Gasteiger charge is -2.09. The molecule has 0 spiro atoms. The number of nitrogens with zero attached hydrogens (tertiary/aromatic N) is 2. The Kier molecular flexibility index (Phi) is 3.63. The van der Waals surface area contributed by atoms with Gasteiger partial charge in [0, 0.05) is 18.3 Å². The van der Waals surface area contributed by atoms with E-state index < -0.39 is 0 Å². The molecule has 0 aromatic carbocycles. The maximum Gasteiger partial charge on any atom is 0.0970 e. The van der Waals surface area contributed by atoms with Crippen LogP contribution in [0, 0.1) is 5.92 Å². The Morgan fingerprint density at radius 1 is 1.43 bits per heavy atom. The molecule has 1 aromatic heterocycles. The van der Waals surface area contributed by atoms with E-state index >= 15 is 0 Å². The molecule has 0 saturated carbocycles. The number of amidine groups is 1. The molecule has 3 nitrogen and oxygen atoms in total. The highest BCUT2D eigenvalue weighted by atomic mass is 14.9. The van der Waals surface area contributed by atoms with Gasteiger partial charge in [0.1, 0.15) is 0 Å². The molecule has 0 amide bonds. The van der Waals surface area contributed by atoms with Crippen LogP contribution < -0.4 is 5.73 Å². The average molecular weight is 191 g/mol. The van der Waals surface area contributed by atoms with E-state index in [2.05, 4.69) is 9.98 Å². The summed E-state index contributed by atoms with van der Waals surface area (Å²) < 4.78 is 0. The predicted octanol–water partition coefficient (Wildman–Crippen LogP) is 2.16. The maximum atomic E-state index is 5.78. The monoisotopic (exact) mass is 191 g/mol. The van der Waals surface area contributed by atoms with E-state index in [1.54, 1.807) is 6.20 Å². The zero-order chi connectivity index (χ0) is 10.6. The summed E-state index contributed by atoms with van der Waals surface area (Å²) in [6.07, 6.45) is 3.58. The molecule has 1 rings (SSSR count). The quantitative estimate of drug-likeness (QED) is 0.588. The van der Waals surface area contributed by atoms with Crippen molar-refractivity contribution in [2.75, 3.05) is 0 Å². The smallest absolute Gasteiger partial charge is 0.0970 e. The Morgan fingerprint density at radius 2 is 2.14 bits per heavy atom. The van der Waals surface area contributed by atoms with E-state index in [1.807, 2.05) is 39.1 Å². The summed E-state index contributed by atoms with van der Waals surface area (Å²) in [7, 11) is 0. The minimum absolute atomic E-state index is 0.0890. The van der Waals surface area contributed by atoms with Crippen LogP contribution in [-0.4, -0.2) is 10.8 Å². The van der Waals surface area contributed by atoms with Crippen LogP contribution in [0.1, 0.15) is 32.4 Å². The molecule has 1 atom stereocenters. The number of rotatable bonds is 3. The first-order valence-corrected chi connectivity index (χ1v) is 4.84. The van der Waals surface area contributed by atoms with Gasteiger partial charge in [-0.15, -0.1) is 0 Å². The zero-order valence-corrected chi connectivity index (χ0v) is 8.94. The van der Waals surface area contributed by atoms with Crippen LogP contribution in [0.25, 0.3) is 0 Å². The van der Waals surface area contributed by atoms with Crippen LogP contribution >= 0.6 is 0 Å². The predicted molar refractivity (Wildman–Crippen MR) is 59.1 cm³/mol. The molecule has 0 saturated heterocycles. The molecular weight excluding hydrogens is 174 g/mol. The van der Waals surface area contributed by atoms with Crippen LogP contribution in [-0.2, 0) is 0 Å². The Hall–Kier alpha value is -1.38. The Balaban J connectivity index is 2.77. The highest BCUT2D eigenvalue weighted by molar-refractivity contribution is 5.82. The highest BCUT2D eigenvalue weighted by Crippen LogP contribution is 2.15. The van der Waals surface area contributed by atoms with Crippen LogP contribution in [0.5, 0.6) is 0 Å². The number of nitrogens with two attached hydrogens (primary N) is 1. The second-order valence-electron chi connectivity index (χ2n) is 3.67. The first-order valence-electron chi connectivity index (χ1n) is 4.84. The van der Waals surface area contributed by atoms with E-state index in [-0.39, 0.29) is 6.04 Å². The molecule has 1 unspecified atom stereocenters. The third-order valence-electron chi connectivity index (χ3n) is 2.10. The van der Waals surface area contributed by atoms with E-state index in [1.165, 1.54) is 0 Å². The fraction of sp³-hybridized carbons (Fsp3) is 0.455. The molecule has 0 aliphatic carbocycles. The van der Waals surface area contributed by atoms with Crippen molar-refractivity contribution < 1.29 is 0 Å². The van der Waals surface area contributed by atoms with Crippen LogP contribution in [0.15, 0.2) is 29.5 Å². The van der Waals surface area contributed by atoms with Gasteiger partial charge in [-0.05, 0) is 18.6 Å². The van der Waals surface area contributed by atoms with Crippen LogP contribution in [0.4, 0.5) is 0 Å². The zero-order valence-electron chi connectivity index (χ0n) is 8.94. The number of aromatic nitrogens is 1. The molecule has 14 heavy (non-hydrogen) atoms. The van der Waals surface area contributed by atoms with E-state index in [4.69, 9.17) is 5.73 Å². The topological polar surface area (TPSA) is 51.3 Å². The summed E-state index contributed by atoms with van der Waals surface area (Å²) in [6, 6.07) is 4.01. The van der Waals surface area contributed by atoms with Crippen LogP contribution in [0.3, 0.4) is 0 Å². The van der Waals surface area contributed by atoms with Crippen molar-refractivity contribution in [3.63, 3.8) is 0 Å². The minimum Gasteiger partial charge on any atom is -0.387 e. The summed E-state index contributed by atoms with van der Waals surface area (Å²) >= 11 is 0. The summed E-state index contributed by atoms with van der Waals surface area (Å²) in [6.45, 7) is 6.09. The molecule has 0 aliphatic heterocycles. The molecule has 1 aromatic rings. The number of hydrogen-bond donors (Lipinski definition) is 1. The van der Waals surface area contributed by atoms with Gasteiger partial charge in [-0.2, -0.15) is 0 Å². The summed E-state index contributed by atoms with van der Waals surface area (Å²) in [5.41, 5.74) is 6.88. The van der Waals surface area contributed by atoms with Gasteiger partial charge in [-0.3, -0.25) is 9.98 Å². The Morgan fingerprint density at radius 3 is 2.64 bits per heavy atom. The van der Waals surface area contributed by atoms with Crippen molar-refractivity contribution in [2.45, 2.75) is 26.8 Å². The van der Waals surface area contributed by atoms with Gasteiger partial charge in [0.25, 0.3) is 0 Å². The Labute approximate surface area is 85.1 Å². The second kappa shape index (κ2) is 4.74. The molecular formula is C11H17N3. The van der Waals surface area contributed by atoms with Gasteiger partial charge in [0.05, 0.1) is 11.9 Å². The van der Waals surface area contributed by atoms with Gasteiger partial charge in [0.15, 0.2) is 0 Å². The lowest BCUT2D eigenvalue weighted by Crippen LogP contribution is -2.19. The molecule has 76 valence electrons. The number of pyridine rings is 1. The maximum absolute atomic E-state index is 5.78. The van der Waals surface area contributed by atoms with Crippen molar-refractivity contribution in [1.82, 2.24) is 4.98 Å². The molecule has 0 radical (unpaired) electrons. The average Bonchev–Trinajstić information content (AvgIpc) is 2.19. The van der Waals surface area contributed by atoms with Gasteiger partial charge in [-0.25, -0.2) is 0 Å². The normalized spacial score (nSPS) is 14.4. The summed E-state index contributed by atoms with van der Waals surface area (Å²) in [4.78, 5) is 8.45. The van der Waals surface area contributed by atoms with Crippen molar-refractivity contribution in [1.29, 1.82) is 0 Å². The largest absolute Gasteiger partial charge is 0.387 e. The molecule has 0 aliphatic rings. The first-order chi connectivity index (χ1) is 6.61. The number of hydrogen-bond acceptors (Lipinski definition) is 2. The van der Waals surface area contributed by atoms with Crippen LogP contribution in [0.2, 0.25) is 0 Å². The fourth-order valence-corrected chi connectivity index (χ4v) is 1.07. The van der Waals surface area contributed by atoms with Gasteiger partial charge in [-0.1, -0.05) is 19.9 Å². The third kappa shape index (κ3) is 2.83. The van der Waals surface area contributed by atoms with Gasteiger partial charge in [0.2, 0.25) is 0 Å². The van der Waals surface area contributed by atoms with Gasteiger partial charge >= 0.3 is 0 Å². The third-order valence-corrected chi connectivity index (χ3v) is 2.10. The second-order valence-corrected chi connectivity index (χ2v) is 3.67. The molecule has 2 N–H and O–H groups in total. The van der Waals surface area contributed by atoms with Gasteiger partial charge < -0.3 is 5.73 Å². The van der Waals surface area contributed by atoms with E-state index in [0.29, 0.717) is 11.8 Å². The summed E-state index contributed by atoms with van der Waals surface area (Å²) in [5.74, 6) is 0.996. The number of aliphatic imine (C=N–C) groups is 1. The van der Waals surface area contributed by atoms with Crippen molar-refractivity contribution >= 4 is 5.84 Å². The summed E-state index contributed by atoms with van der Waals surface area (Å²) in [5, 5.41) is 0. The van der Waals surface area contributed by atoms with Crippen molar-refractivity contribution in [3.8, 4) is 0 Å². The van der Waals surface area contributed by atoms with E-state index in [0.717, 1.165) is 5.56 Å². The van der Waals surface area contributed by atoms with Crippen molar-refractivity contribution in [3.05, 3.63) is 30.1 Å². The fourth-order valence-electron chi connectivity index (χ4n) is 1.07. The minimum atomic E-state index is 0.0890. The molecule has 0 fully saturated rings. The standard InChI is InChI=1S/C11H17N3/c1-8(2)11(12)14-9(3)10-5-4-6-13-7-10/h4-9H,1-3H3,(H2,12,14). The van der Waals surface area contributed by atoms with E-state index in [9.17, 15) is 0 Å². The van der Waals surface area contributed by atoms with Crippen molar-refractivity contribution in [2.24, 2.45) is 16.6 Å².